The minimum absolute atomic E-state index is 0.0135. The number of fused-ring (bicyclic) bond motifs is 1. The van der Waals surface area contributed by atoms with Crippen LogP contribution in [0.5, 0.6) is 11.5 Å². The third-order valence-corrected chi connectivity index (χ3v) is 9.42. The highest BCUT2D eigenvalue weighted by molar-refractivity contribution is 7.16. The Morgan fingerprint density at radius 1 is 1.18 bits per heavy atom. The number of aromatic nitrogens is 4. The number of carbonyl (C=O) groups excluding carboxylic acids is 1. The number of aryl methyl sites for hydroxylation is 1. The molecule has 1 aliphatic rings. The van der Waals surface area contributed by atoms with Crippen molar-refractivity contribution in [1.29, 1.82) is 0 Å². The molecule has 0 bridgehead atoms. The van der Waals surface area contributed by atoms with Crippen LogP contribution in [0.3, 0.4) is 0 Å². The molecule has 4 heterocycles. The monoisotopic (exact) mass is 636 g/mol. The van der Waals surface area contributed by atoms with Gasteiger partial charge in [-0.15, -0.1) is 11.3 Å². The van der Waals surface area contributed by atoms with Crippen LogP contribution in [0.25, 0.3) is 27.2 Å². The van der Waals surface area contributed by atoms with Crippen LogP contribution in [-0.2, 0) is 7.05 Å². The Labute approximate surface area is 264 Å². The molecule has 0 spiro atoms. The van der Waals surface area contributed by atoms with Crippen LogP contribution in [0.15, 0.2) is 61.2 Å². The molecule has 0 saturated carbocycles. The summed E-state index contributed by atoms with van der Waals surface area (Å²) in [5.74, 6) is 0.805. The van der Waals surface area contributed by atoms with Gasteiger partial charge in [-0.3, -0.25) is 14.0 Å². The summed E-state index contributed by atoms with van der Waals surface area (Å²) in [5.41, 5.74) is 4.53. The van der Waals surface area contributed by atoms with Gasteiger partial charge in [-0.05, 0) is 43.5 Å². The fourth-order valence-corrected chi connectivity index (χ4v) is 6.86. The molecule has 1 aliphatic heterocycles. The molecule has 3 aromatic heterocycles. The van der Waals surface area contributed by atoms with Crippen LogP contribution in [0, 0.1) is 0 Å². The zero-order valence-electron chi connectivity index (χ0n) is 24.8. The minimum Gasteiger partial charge on any atom is -0.489 e. The molecular weight excluding hydrogens is 603 g/mol. The average Bonchev–Trinajstić information content (AvgIpc) is 3.77. The summed E-state index contributed by atoms with van der Waals surface area (Å²) in [5, 5.41) is 8.27. The van der Waals surface area contributed by atoms with E-state index >= 15 is 0 Å². The highest BCUT2D eigenvalue weighted by Crippen LogP contribution is 2.39. The maximum absolute atomic E-state index is 12.9. The number of imidazole rings is 1. The number of thiophene rings is 1. The molecule has 5 aromatic rings. The molecule has 1 atom stereocenters. The van der Waals surface area contributed by atoms with Gasteiger partial charge in [0.15, 0.2) is 0 Å². The Balaban J connectivity index is 1.23. The number of hydrogen-bond acceptors (Lipinski definition) is 7. The summed E-state index contributed by atoms with van der Waals surface area (Å²) in [7, 11) is 3.49. The standard InChI is InChI=1S/C32H34ClFN6O3S/c1-20(24-5-4-6-27(30(24)33)43-23-9-12-39(13-10-23)14-11-34)42-28-16-29(44-31(28)32(41)35-2)40-19-36-25-15-21(7-8-26(25)40)22-17-37-38(3)18-22/h4-8,15-20,23H,9-14H2,1-3H3,(H,35,41). The number of nitrogens with zero attached hydrogens (tertiary/aromatic N) is 5. The maximum atomic E-state index is 12.9. The second-order valence-corrected chi connectivity index (χ2v) is 12.3. The molecule has 12 heteroatoms. The van der Waals surface area contributed by atoms with Gasteiger partial charge < -0.3 is 19.7 Å². The number of carbonyl (C=O) groups is 1. The van der Waals surface area contributed by atoms with E-state index in [0.29, 0.717) is 27.9 Å². The largest absolute Gasteiger partial charge is 0.489 e. The topological polar surface area (TPSA) is 86.4 Å². The van der Waals surface area contributed by atoms with Gasteiger partial charge in [0, 0.05) is 57.1 Å². The van der Waals surface area contributed by atoms with Crippen LogP contribution in [0.4, 0.5) is 4.39 Å². The van der Waals surface area contributed by atoms with Crippen molar-refractivity contribution in [2.24, 2.45) is 7.05 Å². The third kappa shape index (κ3) is 6.17. The van der Waals surface area contributed by atoms with Gasteiger partial charge in [-0.2, -0.15) is 5.10 Å². The summed E-state index contributed by atoms with van der Waals surface area (Å²) in [6.45, 7) is 3.62. The number of piperidine rings is 1. The van der Waals surface area contributed by atoms with Crippen molar-refractivity contribution in [3.8, 4) is 27.6 Å². The van der Waals surface area contributed by atoms with Gasteiger partial charge in [-0.1, -0.05) is 29.8 Å². The number of ether oxygens (including phenoxy) is 2. The molecule has 230 valence electrons. The smallest absolute Gasteiger partial charge is 0.264 e. The molecule has 2 aromatic carbocycles. The quantitative estimate of drug-likeness (QED) is 0.190. The van der Waals surface area contributed by atoms with Crippen LogP contribution in [0.2, 0.25) is 5.02 Å². The van der Waals surface area contributed by atoms with Crippen LogP contribution >= 0.6 is 22.9 Å². The maximum Gasteiger partial charge on any atom is 0.264 e. The Morgan fingerprint density at radius 3 is 2.73 bits per heavy atom. The number of halogens is 2. The van der Waals surface area contributed by atoms with Crippen LogP contribution in [-0.4, -0.2) is 69.6 Å². The van der Waals surface area contributed by atoms with E-state index in [0.717, 1.165) is 58.7 Å². The Hall–Kier alpha value is -3.93. The Bertz CT molecular complexity index is 1780. The van der Waals surface area contributed by atoms with E-state index in [-0.39, 0.29) is 18.7 Å². The second kappa shape index (κ2) is 13.0. The zero-order chi connectivity index (χ0) is 30.8. The first kappa shape index (κ1) is 30.1. The fourth-order valence-electron chi connectivity index (χ4n) is 5.51. The van der Waals surface area contributed by atoms with E-state index in [1.54, 1.807) is 18.1 Å². The molecule has 0 radical (unpaired) electrons. The van der Waals surface area contributed by atoms with Gasteiger partial charge in [0.05, 0.1) is 22.3 Å². The summed E-state index contributed by atoms with van der Waals surface area (Å²) < 4.78 is 29.1. The van der Waals surface area contributed by atoms with Gasteiger partial charge in [-0.25, -0.2) is 9.37 Å². The van der Waals surface area contributed by atoms with E-state index in [2.05, 4.69) is 20.3 Å². The summed E-state index contributed by atoms with van der Waals surface area (Å²) in [6.07, 6.45) is 6.71. The number of rotatable bonds is 10. The van der Waals surface area contributed by atoms with Gasteiger partial charge >= 0.3 is 0 Å². The predicted molar refractivity (Wildman–Crippen MR) is 171 cm³/mol. The Morgan fingerprint density at radius 2 is 2.00 bits per heavy atom. The third-order valence-electron chi connectivity index (χ3n) is 7.91. The number of nitrogens with one attached hydrogen (secondary N) is 1. The van der Waals surface area contributed by atoms with Gasteiger partial charge in [0.1, 0.15) is 46.6 Å². The SMILES string of the molecule is CNC(=O)c1sc(-n2cnc3cc(-c4cnn(C)c4)ccc32)cc1OC(C)c1cccc(OC2CCN(CCF)CC2)c1Cl. The first-order valence-electron chi connectivity index (χ1n) is 14.6. The van der Waals surface area contributed by atoms with Crippen molar-refractivity contribution in [1.82, 2.24) is 29.5 Å². The Kier molecular flexibility index (Phi) is 8.88. The highest BCUT2D eigenvalue weighted by Gasteiger charge is 2.25. The summed E-state index contributed by atoms with van der Waals surface area (Å²) in [4.78, 5) is 20.1. The van der Waals surface area contributed by atoms with Gasteiger partial charge in [0.25, 0.3) is 5.91 Å². The number of hydrogen-bond donors (Lipinski definition) is 1. The van der Waals surface area contributed by atoms with E-state index in [1.807, 2.05) is 73.4 Å². The molecule has 1 fully saturated rings. The van der Waals surface area contributed by atoms with Crippen LogP contribution in [0.1, 0.15) is 41.1 Å². The summed E-state index contributed by atoms with van der Waals surface area (Å²) in [6, 6.07) is 13.6. The van der Waals surface area contributed by atoms with Gasteiger partial charge in [0.2, 0.25) is 0 Å². The molecule has 6 rings (SSSR count). The van der Waals surface area contributed by atoms with E-state index in [4.69, 9.17) is 21.1 Å². The molecule has 1 unspecified atom stereocenters. The molecule has 9 nitrogen and oxygen atoms in total. The molecule has 1 N–H and O–H groups in total. The van der Waals surface area contributed by atoms with Crippen molar-refractivity contribution >= 4 is 39.9 Å². The average molecular weight is 637 g/mol. The van der Waals surface area contributed by atoms with Crippen molar-refractivity contribution in [3.63, 3.8) is 0 Å². The molecular formula is C32H34ClFN6O3S. The number of amides is 1. The van der Waals surface area contributed by atoms with E-state index in [1.165, 1.54) is 11.3 Å². The fraction of sp³-hybridized carbons (Fsp3) is 0.344. The van der Waals surface area contributed by atoms with Crippen molar-refractivity contribution in [2.75, 3.05) is 33.4 Å². The molecule has 1 amide bonds. The summed E-state index contributed by atoms with van der Waals surface area (Å²) >= 11 is 8.18. The van der Waals surface area contributed by atoms with Crippen LogP contribution < -0.4 is 14.8 Å². The first-order valence-corrected chi connectivity index (χ1v) is 15.8. The zero-order valence-corrected chi connectivity index (χ0v) is 26.4. The number of likely N-dealkylation sites (tertiary alicyclic amines) is 1. The molecule has 0 aliphatic carbocycles. The van der Waals surface area contributed by atoms with Crippen molar-refractivity contribution < 1.29 is 18.7 Å². The van der Waals surface area contributed by atoms with Crippen molar-refractivity contribution in [2.45, 2.75) is 32.0 Å². The lowest BCUT2D eigenvalue weighted by molar-refractivity contribution is 0.0957. The number of alkyl halides is 1. The molecule has 44 heavy (non-hydrogen) atoms. The lowest BCUT2D eigenvalue weighted by Crippen LogP contribution is -2.39. The lowest BCUT2D eigenvalue weighted by Gasteiger charge is -2.31. The number of benzene rings is 2. The van der Waals surface area contributed by atoms with E-state index < -0.39 is 6.10 Å². The highest BCUT2D eigenvalue weighted by atomic mass is 35.5. The predicted octanol–water partition coefficient (Wildman–Crippen LogP) is 6.45. The van der Waals surface area contributed by atoms with E-state index in [9.17, 15) is 9.18 Å². The van der Waals surface area contributed by atoms with Crippen molar-refractivity contribution in [3.05, 3.63) is 76.6 Å². The molecule has 1 saturated heterocycles. The first-order chi connectivity index (χ1) is 21.3. The second-order valence-electron chi connectivity index (χ2n) is 10.8. The normalized spacial score (nSPS) is 15.0. The lowest BCUT2D eigenvalue weighted by atomic mass is 10.1. The minimum atomic E-state index is -0.468.